The van der Waals surface area contributed by atoms with Crippen molar-refractivity contribution in [1.82, 2.24) is 9.80 Å². The first-order valence-electron chi connectivity index (χ1n) is 13.1. The van der Waals surface area contributed by atoms with Crippen molar-refractivity contribution in [2.24, 2.45) is 0 Å². The van der Waals surface area contributed by atoms with Gasteiger partial charge in [0.15, 0.2) is 17.3 Å². The molecule has 7 rings (SSSR count). The number of para-hydroxylation sites is 1. The fourth-order valence-electron chi connectivity index (χ4n) is 6.64. The first-order valence-corrected chi connectivity index (χ1v) is 13.1. The van der Waals surface area contributed by atoms with Gasteiger partial charge in [0.25, 0.3) is 11.8 Å². The molecular weight excluding hydrogens is 496 g/mol. The van der Waals surface area contributed by atoms with Crippen LogP contribution in [0.15, 0.2) is 91.0 Å². The first kappa shape index (κ1) is 23.6. The van der Waals surface area contributed by atoms with E-state index in [1.807, 2.05) is 48.5 Å². The second-order valence-electron chi connectivity index (χ2n) is 10.4. The van der Waals surface area contributed by atoms with Crippen LogP contribution < -0.4 is 4.90 Å². The van der Waals surface area contributed by atoms with Gasteiger partial charge in [0, 0.05) is 52.8 Å². The highest BCUT2D eigenvalue weighted by atomic mass is 19.2. The second kappa shape index (κ2) is 8.50. The van der Waals surface area contributed by atoms with Gasteiger partial charge in [-0.2, -0.15) is 0 Å². The van der Waals surface area contributed by atoms with Crippen LogP contribution in [0.3, 0.4) is 0 Å². The van der Waals surface area contributed by atoms with Crippen molar-refractivity contribution in [2.75, 3.05) is 18.0 Å². The Labute approximate surface area is 224 Å². The number of carbonyl (C=O) groups is 2. The fourth-order valence-corrected chi connectivity index (χ4v) is 6.64. The van der Waals surface area contributed by atoms with E-state index in [1.165, 1.54) is 17.3 Å². The lowest BCUT2D eigenvalue weighted by Crippen LogP contribution is -2.51. The zero-order valence-electron chi connectivity index (χ0n) is 21.3. The number of amides is 2. The van der Waals surface area contributed by atoms with Crippen molar-refractivity contribution in [3.8, 4) is 0 Å². The minimum Gasteiger partial charge on any atom is -0.338 e. The normalized spacial score (nSPS) is 21.3. The fraction of sp³-hybridized carbons (Fsp3) is 0.188. The van der Waals surface area contributed by atoms with Gasteiger partial charge in [-0.05, 0) is 61.4 Å². The number of nitrogens with zero attached hydrogens (tertiary/aromatic N) is 3. The van der Waals surface area contributed by atoms with E-state index in [0.717, 1.165) is 29.8 Å². The first-order chi connectivity index (χ1) is 18.9. The lowest BCUT2D eigenvalue weighted by molar-refractivity contribution is 0.0375. The molecular formula is C32H25F2N3O2. The summed E-state index contributed by atoms with van der Waals surface area (Å²) < 4.78 is 27.8. The maximum Gasteiger partial charge on any atom is 0.256 e. The van der Waals surface area contributed by atoms with Crippen molar-refractivity contribution in [3.63, 3.8) is 0 Å². The van der Waals surface area contributed by atoms with Gasteiger partial charge < -0.3 is 14.7 Å². The van der Waals surface area contributed by atoms with Gasteiger partial charge in [-0.1, -0.05) is 48.5 Å². The summed E-state index contributed by atoms with van der Waals surface area (Å²) in [7, 11) is 0. The molecule has 1 fully saturated rings. The largest absolute Gasteiger partial charge is 0.338 e. The highest BCUT2D eigenvalue weighted by molar-refractivity contribution is 6.03. The summed E-state index contributed by atoms with van der Waals surface area (Å²) in [5.74, 6) is -2.72. The van der Waals surface area contributed by atoms with Crippen molar-refractivity contribution < 1.29 is 18.4 Å². The summed E-state index contributed by atoms with van der Waals surface area (Å²) in [4.78, 5) is 33.1. The van der Waals surface area contributed by atoms with E-state index in [0.29, 0.717) is 17.7 Å². The summed E-state index contributed by atoms with van der Waals surface area (Å²) in [5.41, 5.74) is 4.34. The van der Waals surface area contributed by atoms with E-state index >= 15 is 0 Å². The molecule has 0 saturated carbocycles. The molecule has 0 N–H and O–H groups in total. The molecule has 1 saturated heterocycles. The molecule has 194 valence electrons. The lowest BCUT2D eigenvalue weighted by Gasteiger charge is -2.40. The Balaban J connectivity index is 1.36. The van der Waals surface area contributed by atoms with Gasteiger partial charge >= 0.3 is 0 Å². The topological polar surface area (TPSA) is 43.9 Å². The Hall–Kier alpha value is -4.52. The van der Waals surface area contributed by atoms with Crippen LogP contribution in [-0.4, -0.2) is 40.7 Å². The Morgan fingerprint density at radius 1 is 0.872 bits per heavy atom. The minimum absolute atomic E-state index is 0.0334. The second-order valence-corrected chi connectivity index (χ2v) is 10.4. The molecule has 39 heavy (non-hydrogen) atoms. The van der Waals surface area contributed by atoms with E-state index in [9.17, 15) is 18.4 Å². The summed E-state index contributed by atoms with van der Waals surface area (Å²) in [6, 6.07) is 27.1. The molecule has 4 aromatic carbocycles. The third-order valence-electron chi connectivity index (χ3n) is 8.27. The van der Waals surface area contributed by atoms with Crippen molar-refractivity contribution in [2.45, 2.75) is 25.0 Å². The molecule has 3 heterocycles. The Kier molecular flexibility index (Phi) is 5.14. The van der Waals surface area contributed by atoms with E-state index in [4.69, 9.17) is 0 Å². The summed E-state index contributed by atoms with van der Waals surface area (Å²) in [6.07, 6.45) is 0.952. The molecule has 0 spiro atoms. The molecule has 0 aliphatic carbocycles. The quantitative estimate of drug-likeness (QED) is 0.339. The SMILES string of the molecule is CC1Cc2ccccc2N1c1ccc([C@@]23c4ccccc4C(=O)N2CCN3C(=O)c2ccc(F)c(F)c2)cc1. The van der Waals surface area contributed by atoms with Crippen LogP contribution in [0.25, 0.3) is 0 Å². The highest BCUT2D eigenvalue weighted by Crippen LogP contribution is 2.50. The zero-order valence-corrected chi connectivity index (χ0v) is 21.3. The molecule has 0 radical (unpaired) electrons. The number of fused-ring (bicyclic) bond motifs is 4. The Morgan fingerprint density at radius 2 is 1.62 bits per heavy atom. The predicted octanol–water partition coefficient (Wildman–Crippen LogP) is 5.86. The molecule has 4 aromatic rings. The third-order valence-corrected chi connectivity index (χ3v) is 8.27. The number of halogens is 2. The molecule has 2 atom stereocenters. The average molecular weight is 522 g/mol. The van der Waals surface area contributed by atoms with E-state index < -0.39 is 23.2 Å². The third kappa shape index (κ3) is 3.22. The maximum absolute atomic E-state index is 14.1. The molecule has 0 aromatic heterocycles. The zero-order chi connectivity index (χ0) is 26.9. The van der Waals surface area contributed by atoms with E-state index in [-0.39, 0.29) is 24.1 Å². The van der Waals surface area contributed by atoms with Crippen LogP contribution in [-0.2, 0) is 12.1 Å². The van der Waals surface area contributed by atoms with Crippen LogP contribution >= 0.6 is 0 Å². The lowest BCUT2D eigenvalue weighted by atomic mass is 9.89. The minimum atomic E-state index is -1.19. The van der Waals surface area contributed by atoms with Gasteiger partial charge in [-0.3, -0.25) is 9.59 Å². The smallest absolute Gasteiger partial charge is 0.256 e. The number of hydrogen-bond donors (Lipinski definition) is 0. The van der Waals surface area contributed by atoms with Crippen LogP contribution in [0.4, 0.5) is 20.2 Å². The summed E-state index contributed by atoms with van der Waals surface area (Å²) in [5, 5.41) is 0. The highest BCUT2D eigenvalue weighted by Gasteiger charge is 2.59. The molecule has 7 heteroatoms. The van der Waals surface area contributed by atoms with Crippen LogP contribution in [0.2, 0.25) is 0 Å². The summed E-state index contributed by atoms with van der Waals surface area (Å²) >= 11 is 0. The monoisotopic (exact) mass is 521 g/mol. The number of anilines is 2. The van der Waals surface area contributed by atoms with Crippen molar-refractivity contribution in [3.05, 3.63) is 130 Å². The van der Waals surface area contributed by atoms with Gasteiger partial charge in [0.2, 0.25) is 0 Å². The molecule has 2 amide bonds. The molecule has 1 unspecified atom stereocenters. The Morgan fingerprint density at radius 3 is 2.41 bits per heavy atom. The number of hydrogen-bond acceptors (Lipinski definition) is 3. The van der Waals surface area contributed by atoms with Gasteiger partial charge in [-0.15, -0.1) is 0 Å². The molecule has 5 nitrogen and oxygen atoms in total. The molecule has 3 aliphatic heterocycles. The Bertz CT molecular complexity index is 1650. The van der Waals surface area contributed by atoms with Crippen LogP contribution in [0.5, 0.6) is 0 Å². The van der Waals surface area contributed by atoms with E-state index in [2.05, 4.69) is 30.0 Å². The summed E-state index contributed by atoms with van der Waals surface area (Å²) in [6.45, 7) is 2.77. The van der Waals surface area contributed by atoms with Crippen molar-refractivity contribution >= 4 is 23.2 Å². The predicted molar refractivity (Wildman–Crippen MR) is 144 cm³/mol. The van der Waals surface area contributed by atoms with Crippen LogP contribution in [0, 0.1) is 11.6 Å². The number of benzene rings is 4. The molecule has 3 aliphatic rings. The van der Waals surface area contributed by atoms with Gasteiger partial charge in [-0.25, -0.2) is 8.78 Å². The van der Waals surface area contributed by atoms with Gasteiger partial charge in [0.1, 0.15) is 0 Å². The van der Waals surface area contributed by atoms with Crippen LogP contribution in [0.1, 0.15) is 44.3 Å². The molecule has 0 bridgehead atoms. The van der Waals surface area contributed by atoms with E-state index in [1.54, 1.807) is 15.9 Å². The number of carbonyl (C=O) groups excluding carboxylic acids is 2. The number of rotatable bonds is 3. The standard InChI is InChI=1S/C32H25F2N3O2/c1-20-18-21-6-2-5-9-29(21)37(20)24-13-11-23(12-14-24)32-26-8-4-3-7-25(26)31(39)36(32)17-16-35(32)30(38)22-10-15-27(33)28(34)19-22/h2-15,19-20H,16-18H2,1H3/t20?,32-/m0/s1. The van der Waals surface area contributed by atoms with Gasteiger partial charge in [0.05, 0.1) is 0 Å². The van der Waals surface area contributed by atoms with Crippen molar-refractivity contribution in [1.29, 1.82) is 0 Å². The maximum atomic E-state index is 14.1. The average Bonchev–Trinajstić information content (AvgIpc) is 3.59.